The zero-order valence-corrected chi connectivity index (χ0v) is 9.93. The molecule has 0 aliphatic heterocycles. The van der Waals surface area contributed by atoms with Crippen molar-refractivity contribution in [3.8, 4) is 0 Å². The van der Waals surface area contributed by atoms with Gasteiger partial charge in [-0.05, 0) is 26.2 Å². The van der Waals surface area contributed by atoms with Crippen molar-refractivity contribution in [1.29, 1.82) is 0 Å². The first-order valence-corrected chi connectivity index (χ1v) is 5.54. The lowest BCUT2D eigenvalue weighted by atomic mass is 9.88. The fraction of sp³-hybridized carbons (Fsp3) is 0.750. The van der Waals surface area contributed by atoms with Gasteiger partial charge >= 0.3 is 5.92 Å². The molecule has 0 aromatic heterocycles. The summed E-state index contributed by atoms with van der Waals surface area (Å²) in [7, 11) is 0. The topological polar surface area (TPSA) is 37.3 Å². The predicted molar refractivity (Wildman–Crippen MR) is 59.5 cm³/mol. The Morgan fingerprint density at radius 3 is 2.50 bits per heavy atom. The second-order valence-electron chi connectivity index (χ2n) is 4.20. The van der Waals surface area contributed by atoms with Crippen LogP contribution in [0.4, 0.5) is 8.78 Å². The quantitative estimate of drug-likeness (QED) is 0.655. The van der Waals surface area contributed by atoms with E-state index in [1.165, 1.54) is 6.08 Å². The summed E-state index contributed by atoms with van der Waals surface area (Å²) in [5, 5.41) is 9.62. The number of hydrogen-bond donors (Lipinski definition) is 1. The van der Waals surface area contributed by atoms with Gasteiger partial charge in [0, 0.05) is 6.42 Å². The van der Waals surface area contributed by atoms with Gasteiger partial charge in [0.15, 0.2) is 0 Å². The summed E-state index contributed by atoms with van der Waals surface area (Å²) in [6.45, 7) is 6.22. The molecule has 1 atom stereocenters. The standard InChI is InChI=1S/C12H20F2O2/c1-4-6-8-10(15)12(13,14)11(3,16)9-7-5-2/h5,16H,2,4,6-9H2,1,3H3. The van der Waals surface area contributed by atoms with Crippen LogP contribution in [0.15, 0.2) is 12.7 Å². The van der Waals surface area contributed by atoms with Crippen LogP contribution < -0.4 is 0 Å². The van der Waals surface area contributed by atoms with Gasteiger partial charge in [-0.3, -0.25) is 4.79 Å². The number of alkyl halides is 2. The Balaban J connectivity index is 4.59. The number of rotatable bonds is 8. The summed E-state index contributed by atoms with van der Waals surface area (Å²) in [6, 6.07) is 0. The number of carbonyl (C=O) groups excluding carboxylic acids is 1. The number of carbonyl (C=O) groups is 1. The molecular formula is C12H20F2O2. The van der Waals surface area contributed by atoms with E-state index in [-0.39, 0.29) is 19.3 Å². The number of aliphatic hydroxyl groups is 1. The highest BCUT2D eigenvalue weighted by Crippen LogP contribution is 2.34. The van der Waals surface area contributed by atoms with Crippen LogP contribution in [0, 0.1) is 0 Å². The first-order valence-electron chi connectivity index (χ1n) is 5.54. The van der Waals surface area contributed by atoms with Gasteiger partial charge in [0.2, 0.25) is 5.78 Å². The fourth-order valence-corrected chi connectivity index (χ4v) is 1.33. The summed E-state index contributed by atoms with van der Waals surface area (Å²) in [6.07, 6.45) is 2.45. The summed E-state index contributed by atoms with van der Waals surface area (Å²) in [5.74, 6) is -4.85. The molecule has 2 nitrogen and oxygen atoms in total. The van der Waals surface area contributed by atoms with Gasteiger partial charge in [-0.25, -0.2) is 0 Å². The highest BCUT2D eigenvalue weighted by Gasteiger charge is 2.53. The molecule has 0 aromatic carbocycles. The largest absolute Gasteiger partial charge is 0.383 e. The second-order valence-corrected chi connectivity index (χ2v) is 4.20. The van der Waals surface area contributed by atoms with Crippen LogP contribution in [-0.4, -0.2) is 22.4 Å². The van der Waals surface area contributed by atoms with Crippen LogP contribution in [0.2, 0.25) is 0 Å². The molecule has 0 saturated carbocycles. The molecule has 0 aliphatic carbocycles. The number of allylic oxidation sites excluding steroid dienone is 1. The SMILES string of the molecule is C=CCCC(C)(O)C(F)(F)C(=O)CCCC. The van der Waals surface area contributed by atoms with E-state index >= 15 is 0 Å². The van der Waals surface area contributed by atoms with Gasteiger partial charge in [0.1, 0.15) is 5.60 Å². The second kappa shape index (κ2) is 6.09. The Morgan fingerprint density at radius 1 is 1.50 bits per heavy atom. The smallest absolute Gasteiger partial charge is 0.332 e. The average Bonchev–Trinajstić information content (AvgIpc) is 2.22. The molecule has 0 radical (unpaired) electrons. The molecule has 4 heteroatoms. The van der Waals surface area contributed by atoms with Crippen LogP contribution in [0.1, 0.15) is 46.0 Å². The van der Waals surface area contributed by atoms with E-state index in [2.05, 4.69) is 6.58 Å². The molecule has 16 heavy (non-hydrogen) atoms. The number of hydrogen-bond acceptors (Lipinski definition) is 2. The average molecular weight is 234 g/mol. The lowest BCUT2D eigenvalue weighted by Gasteiger charge is -2.31. The molecule has 94 valence electrons. The van der Waals surface area contributed by atoms with Crippen LogP contribution in [0.25, 0.3) is 0 Å². The Kier molecular flexibility index (Phi) is 5.79. The molecule has 0 amide bonds. The first-order chi connectivity index (χ1) is 7.29. The number of unbranched alkanes of at least 4 members (excludes halogenated alkanes) is 1. The molecule has 0 aromatic rings. The van der Waals surface area contributed by atoms with Crippen LogP contribution in [0.5, 0.6) is 0 Å². The summed E-state index contributed by atoms with van der Waals surface area (Å²) >= 11 is 0. The van der Waals surface area contributed by atoms with E-state index in [1.807, 2.05) is 6.92 Å². The van der Waals surface area contributed by atoms with E-state index < -0.39 is 17.3 Å². The molecule has 0 spiro atoms. The van der Waals surface area contributed by atoms with Gasteiger partial charge < -0.3 is 5.11 Å². The monoisotopic (exact) mass is 234 g/mol. The third-order valence-corrected chi connectivity index (χ3v) is 2.62. The molecule has 1 unspecified atom stereocenters. The zero-order valence-electron chi connectivity index (χ0n) is 9.93. The van der Waals surface area contributed by atoms with Crippen LogP contribution in [0.3, 0.4) is 0 Å². The Labute approximate surface area is 95.4 Å². The lowest BCUT2D eigenvalue weighted by molar-refractivity contribution is -0.187. The van der Waals surface area contributed by atoms with Crippen molar-refractivity contribution < 1.29 is 18.7 Å². The van der Waals surface area contributed by atoms with E-state index in [0.29, 0.717) is 12.8 Å². The molecule has 0 rings (SSSR count). The summed E-state index contributed by atoms with van der Waals surface area (Å²) < 4.78 is 27.2. The molecular weight excluding hydrogens is 214 g/mol. The van der Waals surface area contributed by atoms with E-state index in [1.54, 1.807) is 0 Å². The minimum Gasteiger partial charge on any atom is -0.383 e. The number of ketones is 1. The van der Waals surface area contributed by atoms with Gasteiger partial charge in [0.25, 0.3) is 0 Å². The Morgan fingerprint density at radius 2 is 2.06 bits per heavy atom. The first kappa shape index (κ1) is 15.2. The van der Waals surface area contributed by atoms with Crippen molar-refractivity contribution in [2.45, 2.75) is 57.5 Å². The van der Waals surface area contributed by atoms with Crippen molar-refractivity contribution in [3.05, 3.63) is 12.7 Å². The third-order valence-electron chi connectivity index (χ3n) is 2.62. The highest BCUT2D eigenvalue weighted by molar-refractivity contribution is 5.86. The normalized spacial score (nSPS) is 15.6. The van der Waals surface area contributed by atoms with E-state index in [4.69, 9.17) is 0 Å². The van der Waals surface area contributed by atoms with E-state index in [0.717, 1.165) is 6.92 Å². The minimum absolute atomic E-state index is 0.165. The van der Waals surface area contributed by atoms with Gasteiger partial charge in [-0.1, -0.05) is 19.4 Å². The van der Waals surface area contributed by atoms with Gasteiger partial charge in [-0.2, -0.15) is 8.78 Å². The molecule has 0 fully saturated rings. The molecule has 0 heterocycles. The van der Waals surface area contributed by atoms with Crippen molar-refractivity contribution in [1.82, 2.24) is 0 Å². The lowest BCUT2D eigenvalue weighted by Crippen LogP contribution is -2.51. The van der Waals surface area contributed by atoms with Gasteiger partial charge in [0.05, 0.1) is 0 Å². The predicted octanol–water partition coefficient (Wildman–Crippen LogP) is 3.10. The maximum absolute atomic E-state index is 13.6. The Bertz CT molecular complexity index is 247. The Hall–Kier alpha value is -0.770. The molecule has 0 bridgehead atoms. The van der Waals surface area contributed by atoms with Crippen molar-refractivity contribution in [3.63, 3.8) is 0 Å². The van der Waals surface area contributed by atoms with Crippen LogP contribution >= 0.6 is 0 Å². The minimum atomic E-state index is -3.68. The number of halogens is 2. The number of Topliss-reactive ketones (excluding diaryl/α,β-unsaturated/α-hetero) is 1. The third kappa shape index (κ3) is 3.67. The maximum atomic E-state index is 13.6. The van der Waals surface area contributed by atoms with Crippen molar-refractivity contribution in [2.24, 2.45) is 0 Å². The highest BCUT2D eigenvalue weighted by atomic mass is 19.3. The summed E-state index contributed by atoms with van der Waals surface area (Å²) in [5.41, 5.74) is -2.29. The molecule has 0 saturated heterocycles. The summed E-state index contributed by atoms with van der Waals surface area (Å²) in [4.78, 5) is 11.3. The maximum Gasteiger partial charge on any atom is 0.332 e. The van der Waals surface area contributed by atoms with Crippen molar-refractivity contribution in [2.75, 3.05) is 0 Å². The van der Waals surface area contributed by atoms with Crippen LogP contribution in [-0.2, 0) is 4.79 Å². The molecule has 1 N–H and O–H groups in total. The zero-order chi connectivity index (χ0) is 12.8. The molecule has 0 aliphatic rings. The van der Waals surface area contributed by atoms with Gasteiger partial charge in [-0.15, -0.1) is 6.58 Å². The van der Waals surface area contributed by atoms with E-state index in [9.17, 15) is 18.7 Å². The van der Waals surface area contributed by atoms with Crippen molar-refractivity contribution >= 4 is 5.78 Å². The fourth-order valence-electron chi connectivity index (χ4n) is 1.33.